The molecule has 12 nitrogen and oxygen atoms in total. The van der Waals surface area contributed by atoms with Gasteiger partial charge < -0.3 is 31.1 Å². The van der Waals surface area contributed by atoms with E-state index in [0.717, 1.165) is 0 Å². The molecule has 1 fully saturated rings. The third-order valence-electron chi connectivity index (χ3n) is 5.03. The molecule has 2 rings (SSSR count). The Kier molecular flexibility index (Phi) is 10.9. The van der Waals surface area contributed by atoms with E-state index in [2.05, 4.69) is 21.3 Å². The van der Waals surface area contributed by atoms with Crippen LogP contribution in [-0.4, -0.2) is 82.5 Å². The first kappa shape index (κ1) is 28.5. The number of fused-ring (bicyclic) bond motifs is 7. The number of allylic oxidation sites excluding steroid dienone is 1. The van der Waals surface area contributed by atoms with E-state index in [-0.39, 0.29) is 18.6 Å². The van der Waals surface area contributed by atoms with Crippen molar-refractivity contribution in [1.82, 2.24) is 21.3 Å². The lowest BCUT2D eigenvalue weighted by Gasteiger charge is -2.29. The summed E-state index contributed by atoms with van der Waals surface area (Å²) >= 11 is 0. The monoisotopic (exact) mass is 530 g/mol. The van der Waals surface area contributed by atoms with Crippen LogP contribution >= 0.6 is 21.6 Å². The van der Waals surface area contributed by atoms with E-state index < -0.39 is 72.3 Å². The Morgan fingerprint density at radius 1 is 1.14 bits per heavy atom. The Balaban J connectivity index is 2.44. The van der Waals surface area contributed by atoms with Crippen LogP contribution < -0.4 is 21.3 Å². The fourth-order valence-electron chi connectivity index (χ4n) is 3.15. The van der Waals surface area contributed by atoms with Gasteiger partial charge in [-0.25, -0.2) is 0 Å². The summed E-state index contributed by atoms with van der Waals surface area (Å²) in [5.74, 6) is -3.80. The zero-order valence-corrected chi connectivity index (χ0v) is 21.1. The summed E-state index contributed by atoms with van der Waals surface area (Å²) in [5, 5.41) is 19.1. The van der Waals surface area contributed by atoms with Crippen LogP contribution in [0.5, 0.6) is 0 Å². The fourth-order valence-corrected chi connectivity index (χ4v) is 5.31. The largest absolute Gasteiger partial charge is 0.481 e. The number of esters is 1. The van der Waals surface area contributed by atoms with Crippen molar-refractivity contribution < 1.29 is 38.6 Å². The molecule has 2 aliphatic rings. The highest BCUT2D eigenvalue weighted by atomic mass is 33.1. The first-order valence-electron chi connectivity index (χ1n) is 11.0. The summed E-state index contributed by atoms with van der Waals surface area (Å²) < 4.78 is 5.34. The molecule has 5 N–H and O–H groups in total. The van der Waals surface area contributed by atoms with Crippen LogP contribution in [0.3, 0.4) is 0 Å². The van der Waals surface area contributed by atoms with Crippen LogP contribution in [0, 0.1) is 0 Å². The number of nitrogens with one attached hydrogen (secondary N) is 4. The number of carbonyl (C=O) groups is 6. The van der Waals surface area contributed by atoms with Crippen molar-refractivity contribution in [2.75, 3.05) is 18.1 Å². The molecule has 0 saturated carbocycles. The molecule has 2 aliphatic heterocycles. The molecule has 0 aromatic carbocycles. The Morgan fingerprint density at radius 2 is 1.89 bits per heavy atom. The molecule has 4 amide bonds. The van der Waals surface area contributed by atoms with Gasteiger partial charge in [0.25, 0.3) is 0 Å². The van der Waals surface area contributed by atoms with Crippen molar-refractivity contribution in [3.8, 4) is 0 Å². The minimum atomic E-state index is -1.42. The van der Waals surface area contributed by atoms with Gasteiger partial charge in [0.2, 0.25) is 23.6 Å². The van der Waals surface area contributed by atoms with Crippen LogP contribution in [0.25, 0.3) is 0 Å². The second kappa shape index (κ2) is 13.4. The van der Waals surface area contributed by atoms with Crippen LogP contribution in [-0.2, 0) is 33.5 Å². The summed E-state index contributed by atoms with van der Waals surface area (Å²) in [7, 11) is 2.80. The van der Waals surface area contributed by atoms with Gasteiger partial charge >= 0.3 is 11.9 Å². The highest BCUT2D eigenvalue weighted by Crippen LogP contribution is 2.24. The standard InChI is InChI=1S/C21H30N4O8S2/c1-21(2)20(32)22-10-17(29)33-12-5-3-4-8-34-35-11-14(19(31)25-21)24-18(30)13(6-7-16(27)28)23-15(26)9-12/h3,5,12-14H,4,6-11H2,1-2H3,(H,22,32)(H,23,26)(H,24,30)(H,25,31)(H,27,28)/b5-3+/t12-,13?,14+/m0/s1. The Labute approximate surface area is 210 Å². The van der Waals surface area contributed by atoms with Gasteiger partial charge in [-0.2, -0.15) is 0 Å². The summed E-state index contributed by atoms with van der Waals surface area (Å²) in [4.78, 5) is 74.7. The van der Waals surface area contributed by atoms with Crippen LogP contribution in [0.4, 0.5) is 0 Å². The molecule has 1 saturated heterocycles. The minimum Gasteiger partial charge on any atom is -0.481 e. The molecule has 35 heavy (non-hydrogen) atoms. The number of amides is 4. The summed E-state index contributed by atoms with van der Waals surface area (Å²) in [6, 6.07) is -2.30. The average molecular weight is 531 g/mol. The third-order valence-corrected chi connectivity index (χ3v) is 7.48. The van der Waals surface area contributed by atoms with E-state index in [4.69, 9.17) is 9.84 Å². The first-order chi connectivity index (χ1) is 16.5. The van der Waals surface area contributed by atoms with Gasteiger partial charge in [-0.05, 0) is 32.8 Å². The molecular formula is C21H30N4O8S2. The van der Waals surface area contributed by atoms with Gasteiger partial charge in [0.05, 0.1) is 6.42 Å². The molecule has 2 bridgehead atoms. The zero-order valence-electron chi connectivity index (χ0n) is 19.5. The Morgan fingerprint density at radius 3 is 2.60 bits per heavy atom. The second-order valence-electron chi connectivity index (χ2n) is 8.47. The number of hydrogen-bond acceptors (Lipinski definition) is 9. The van der Waals surface area contributed by atoms with Crippen LogP contribution in [0.1, 0.15) is 39.5 Å². The number of carbonyl (C=O) groups excluding carboxylic acids is 5. The lowest BCUT2D eigenvalue weighted by atomic mass is 10.0. The molecule has 0 aromatic heterocycles. The van der Waals surface area contributed by atoms with E-state index >= 15 is 0 Å². The maximum Gasteiger partial charge on any atom is 0.326 e. The quantitative estimate of drug-likeness (QED) is 0.181. The SMILES string of the molecule is CC1(C)NC(=O)[C@H]2CSSCC/C=C/[C@@H](CC(=O)NC(CCC(=O)O)C(=O)N2)OC(=O)CNC1=O. The topological polar surface area (TPSA) is 180 Å². The van der Waals surface area contributed by atoms with E-state index in [1.165, 1.54) is 35.4 Å². The Bertz CT molecular complexity index is 879. The lowest BCUT2D eigenvalue weighted by Crippen LogP contribution is -2.61. The van der Waals surface area contributed by atoms with Gasteiger partial charge in [-0.1, -0.05) is 27.7 Å². The van der Waals surface area contributed by atoms with E-state index in [0.29, 0.717) is 12.2 Å². The number of carboxylic acids is 1. The molecule has 1 unspecified atom stereocenters. The van der Waals surface area contributed by atoms with Crippen molar-refractivity contribution in [2.45, 2.75) is 63.3 Å². The van der Waals surface area contributed by atoms with Gasteiger partial charge in [0.1, 0.15) is 30.3 Å². The molecule has 0 aromatic rings. The van der Waals surface area contributed by atoms with Crippen molar-refractivity contribution in [1.29, 1.82) is 0 Å². The van der Waals surface area contributed by atoms with Crippen molar-refractivity contribution in [3.63, 3.8) is 0 Å². The van der Waals surface area contributed by atoms with Crippen molar-refractivity contribution >= 4 is 57.2 Å². The van der Waals surface area contributed by atoms with Crippen molar-refractivity contribution in [2.24, 2.45) is 0 Å². The minimum absolute atomic E-state index is 0.160. The smallest absolute Gasteiger partial charge is 0.326 e. The zero-order chi connectivity index (χ0) is 26.0. The van der Waals surface area contributed by atoms with Gasteiger partial charge in [-0.3, -0.25) is 28.8 Å². The molecule has 2 heterocycles. The highest BCUT2D eigenvalue weighted by Gasteiger charge is 2.35. The van der Waals surface area contributed by atoms with Crippen LogP contribution in [0.2, 0.25) is 0 Å². The number of aliphatic carboxylic acids is 1. The van der Waals surface area contributed by atoms with Gasteiger partial charge in [0, 0.05) is 17.9 Å². The summed E-state index contributed by atoms with van der Waals surface area (Å²) in [6.45, 7) is 2.42. The van der Waals surface area contributed by atoms with E-state index in [1.54, 1.807) is 12.2 Å². The lowest BCUT2D eigenvalue weighted by molar-refractivity contribution is -0.149. The molecule has 14 heteroatoms. The first-order valence-corrected chi connectivity index (χ1v) is 13.5. The summed E-state index contributed by atoms with van der Waals surface area (Å²) in [6.07, 6.45) is 2.04. The Hall–Kier alpha value is -2.74. The molecular weight excluding hydrogens is 500 g/mol. The summed E-state index contributed by atoms with van der Waals surface area (Å²) in [5.41, 5.74) is -1.42. The third kappa shape index (κ3) is 9.80. The van der Waals surface area contributed by atoms with Gasteiger partial charge in [-0.15, -0.1) is 0 Å². The predicted molar refractivity (Wildman–Crippen MR) is 129 cm³/mol. The van der Waals surface area contributed by atoms with Crippen LogP contribution in [0.15, 0.2) is 12.2 Å². The van der Waals surface area contributed by atoms with E-state index in [9.17, 15) is 28.8 Å². The number of ether oxygens (including phenoxy) is 1. The van der Waals surface area contributed by atoms with Gasteiger partial charge in [0.15, 0.2) is 0 Å². The van der Waals surface area contributed by atoms with E-state index in [1.807, 2.05) is 0 Å². The molecule has 0 radical (unpaired) electrons. The fraction of sp³-hybridized carbons (Fsp3) is 0.619. The molecule has 194 valence electrons. The average Bonchev–Trinajstić information content (AvgIpc) is 2.77. The molecule has 0 spiro atoms. The maximum absolute atomic E-state index is 13.0. The number of rotatable bonds is 3. The number of carboxylic acid groups (broad SMARTS) is 1. The number of hydrogen-bond donors (Lipinski definition) is 5. The molecule has 3 atom stereocenters. The second-order valence-corrected chi connectivity index (χ2v) is 11.1. The predicted octanol–water partition coefficient (Wildman–Crippen LogP) is -0.511. The highest BCUT2D eigenvalue weighted by molar-refractivity contribution is 8.76. The normalized spacial score (nSPS) is 27.8. The van der Waals surface area contributed by atoms with Crippen molar-refractivity contribution in [3.05, 3.63) is 12.2 Å². The maximum atomic E-state index is 13.0. The molecule has 0 aliphatic carbocycles.